The minimum atomic E-state index is -1.90. The van der Waals surface area contributed by atoms with E-state index in [4.69, 9.17) is 51.1 Å². The first-order valence-corrected chi connectivity index (χ1v) is 7.03. The van der Waals surface area contributed by atoms with E-state index in [1.54, 1.807) is 19.1 Å². The third kappa shape index (κ3) is 4.98. The number of halogens is 4. The number of ether oxygens (including phenoxy) is 1. The van der Waals surface area contributed by atoms with Gasteiger partial charge in [-0.1, -0.05) is 58.5 Å². The normalized spacial score (nSPS) is 12.2. The fourth-order valence-corrected chi connectivity index (χ4v) is 1.93. The fourth-order valence-electron chi connectivity index (χ4n) is 1.38. The molecule has 0 aliphatic heterocycles. The topological polar surface area (TPSA) is 43.4 Å². The van der Waals surface area contributed by atoms with Crippen LogP contribution in [0.25, 0.3) is 0 Å². The number of rotatable bonds is 4. The summed E-state index contributed by atoms with van der Waals surface area (Å²) in [5.74, 6) is -1.54. The van der Waals surface area contributed by atoms with Crippen molar-refractivity contribution < 1.29 is 14.3 Å². The SMILES string of the molecule is CCOC(=O)/C(=C/C(Cl)(Cl)Cl)C(=O)c1ccccc1Cl. The molecule has 3 nitrogen and oxygen atoms in total. The summed E-state index contributed by atoms with van der Waals surface area (Å²) in [6, 6.07) is 6.25. The fraction of sp³-hybridized carbons (Fsp3) is 0.231. The van der Waals surface area contributed by atoms with E-state index in [-0.39, 0.29) is 22.8 Å². The Hall–Kier alpha value is -0.740. The van der Waals surface area contributed by atoms with E-state index in [0.717, 1.165) is 6.08 Å². The number of alkyl halides is 3. The number of carbonyl (C=O) groups excluding carboxylic acids is 2. The molecule has 0 radical (unpaired) electrons. The number of hydrogen-bond donors (Lipinski definition) is 0. The first-order chi connectivity index (χ1) is 9.26. The molecule has 0 aromatic heterocycles. The quantitative estimate of drug-likeness (QED) is 0.201. The molecule has 0 aliphatic rings. The van der Waals surface area contributed by atoms with Crippen molar-refractivity contribution in [3.63, 3.8) is 0 Å². The van der Waals surface area contributed by atoms with Gasteiger partial charge in [-0.3, -0.25) is 4.79 Å². The largest absolute Gasteiger partial charge is 0.462 e. The second kappa shape index (κ2) is 7.32. The Labute approximate surface area is 136 Å². The van der Waals surface area contributed by atoms with Crippen molar-refractivity contribution in [3.05, 3.63) is 46.5 Å². The molecule has 0 saturated heterocycles. The number of ketones is 1. The average molecular weight is 356 g/mol. The maximum Gasteiger partial charge on any atom is 0.341 e. The summed E-state index contributed by atoms with van der Waals surface area (Å²) in [6.45, 7) is 1.69. The zero-order valence-electron chi connectivity index (χ0n) is 10.3. The molecule has 0 aliphatic carbocycles. The molecule has 20 heavy (non-hydrogen) atoms. The molecule has 1 rings (SSSR count). The highest BCUT2D eigenvalue weighted by atomic mass is 35.6. The van der Waals surface area contributed by atoms with Crippen molar-refractivity contribution >= 4 is 58.2 Å². The molecule has 0 atom stereocenters. The molecule has 1 aromatic carbocycles. The van der Waals surface area contributed by atoms with Crippen LogP contribution in [0.3, 0.4) is 0 Å². The lowest BCUT2D eigenvalue weighted by atomic mass is 10.0. The van der Waals surface area contributed by atoms with Gasteiger partial charge in [0.05, 0.1) is 11.6 Å². The molecule has 108 valence electrons. The van der Waals surface area contributed by atoms with Gasteiger partial charge in [-0.15, -0.1) is 0 Å². The summed E-state index contributed by atoms with van der Waals surface area (Å²) in [7, 11) is 0. The number of allylic oxidation sites excluding steroid dienone is 1. The van der Waals surface area contributed by atoms with Crippen molar-refractivity contribution in [1.29, 1.82) is 0 Å². The highest BCUT2D eigenvalue weighted by molar-refractivity contribution is 6.69. The van der Waals surface area contributed by atoms with Gasteiger partial charge in [-0.05, 0) is 25.1 Å². The Morgan fingerprint density at radius 2 is 1.85 bits per heavy atom. The van der Waals surface area contributed by atoms with Crippen molar-refractivity contribution in [2.24, 2.45) is 0 Å². The molecule has 0 spiro atoms. The number of esters is 1. The maximum absolute atomic E-state index is 12.3. The zero-order chi connectivity index (χ0) is 15.3. The molecule has 7 heteroatoms. The number of hydrogen-bond acceptors (Lipinski definition) is 3. The number of carbonyl (C=O) groups is 2. The van der Waals surface area contributed by atoms with Gasteiger partial charge in [0.1, 0.15) is 5.57 Å². The third-order valence-corrected chi connectivity index (χ3v) is 2.82. The van der Waals surface area contributed by atoms with Gasteiger partial charge in [0.25, 0.3) is 0 Å². The van der Waals surface area contributed by atoms with Crippen LogP contribution in [-0.2, 0) is 9.53 Å². The summed E-state index contributed by atoms with van der Waals surface area (Å²) >= 11 is 22.7. The Morgan fingerprint density at radius 1 is 1.25 bits per heavy atom. The van der Waals surface area contributed by atoms with Crippen molar-refractivity contribution in [2.75, 3.05) is 6.61 Å². The van der Waals surface area contributed by atoms with Crippen LogP contribution in [0.15, 0.2) is 35.9 Å². The van der Waals surface area contributed by atoms with E-state index in [0.29, 0.717) is 0 Å². The first kappa shape index (κ1) is 17.3. The van der Waals surface area contributed by atoms with E-state index >= 15 is 0 Å². The number of benzene rings is 1. The van der Waals surface area contributed by atoms with Crippen LogP contribution in [0.1, 0.15) is 17.3 Å². The standard InChI is InChI=1S/C13H10Cl4O3/c1-2-20-12(19)9(7-13(15,16)17)11(18)8-5-3-4-6-10(8)14/h3-7H,2H2,1H3/b9-7+. The first-order valence-electron chi connectivity index (χ1n) is 5.52. The minimum Gasteiger partial charge on any atom is -0.462 e. The van der Waals surface area contributed by atoms with E-state index in [1.165, 1.54) is 12.1 Å². The second-order valence-electron chi connectivity index (χ2n) is 3.63. The average Bonchev–Trinajstić information content (AvgIpc) is 2.35. The predicted molar refractivity (Wildman–Crippen MR) is 80.8 cm³/mol. The minimum absolute atomic E-state index is 0.0891. The summed E-state index contributed by atoms with van der Waals surface area (Å²) in [5, 5.41) is 0.192. The van der Waals surface area contributed by atoms with Crippen molar-refractivity contribution in [2.45, 2.75) is 10.7 Å². The Balaban J connectivity index is 3.25. The van der Waals surface area contributed by atoms with Gasteiger partial charge in [-0.25, -0.2) is 4.79 Å². The van der Waals surface area contributed by atoms with Crippen molar-refractivity contribution in [1.82, 2.24) is 0 Å². The molecule has 0 N–H and O–H groups in total. The Bertz CT molecular complexity index is 547. The van der Waals surface area contributed by atoms with Gasteiger partial charge < -0.3 is 4.74 Å². The summed E-state index contributed by atoms with van der Waals surface area (Å²) in [5.41, 5.74) is -0.248. The van der Waals surface area contributed by atoms with Crippen LogP contribution in [0.2, 0.25) is 5.02 Å². The lowest BCUT2D eigenvalue weighted by Gasteiger charge is -2.11. The molecule has 0 unspecified atom stereocenters. The summed E-state index contributed by atoms with van der Waals surface area (Å²) in [4.78, 5) is 24.1. The molecule has 0 bridgehead atoms. The summed E-state index contributed by atoms with van der Waals surface area (Å²) in [6.07, 6.45) is 0.918. The number of Topliss-reactive ketones (excluding diaryl/α,β-unsaturated/α-hetero) is 1. The molecule has 0 heterocycles. The molecule has 0 saturated carbocycles. The van der Waals surface area contributed by atoms with E-state index in [9.17, 15) is 9.59 Å². The van der Waals surface area contributed by atoms with Gasteiger partial charge in [-0.2, -0.15) is 0 Å². The van der Waals surface area contributed by atoms with E-state index < -0.39 is 15.5 Å². The van der Waals surface area contributed by atoms with Crippen LogP contribution < -0.4 is 0 Å². The highest BCUT2D eigenvalue weighted by Gasteiger charge is 2.28. The van der Waals surface area contributed by atoms with Crippen molar-refractivity contribution in [3.8, 4) is 0 Å². The Morgan fingerprint density at radius 3 is 2.35 bits per heavy atom. The van der Waals surface area contributed by atoms with Gasteiger partial charge in [0.2, 0.25) is 9.58 Å². The Kier molecular flexibility index (Phi) is 6.34. The summed E-state index contributed by atoms with van der Waals surface area (Å²) < 4.78 is 2.88. The van der Waals surface area contributed by atoms with E-state index in [1.807, 2.05) is 0 Å². The van der Waals surface area contributed by atoms with Crippen LogP contribution in [0, 0.1) is 0 Å². The van der Waals surface area contributed by atoms with Crippen LogP contribution in [-0.4, -0.2) is 22.2 Å². The van der Waals surface area contributed by atoms with Crippen LogP contribution >= 0.6 is 46.4 Å². The lowest BCUT2D eigenvalue weighted by Crippen LogP contribution is -2.19. The monoisotopic (exact) mass is 354 g/mol. The molecular weight excluding hydrogens is 346 g/mol. The molecular formula is C13H10Cl4O3. The van der Waals surface area contributed by atoms with Gasteiger partial charge >= 0.3 is 5.97 Å². The highest BCUT2D eigenvalue weighted by Crippen LogP contribution is 2.30. The second-order valence-corrected chi connectivity index (χ2v) is 6.41. The van der Waals surface area contributed by atoms with Gasteiger partial charge in [0.15, 0.2) is 0 Å². The predicted octanol–water partition coefficient (Wildman–Crippen LogP) is 4.38. The lowest BCUT2D eigenvalue weighted by molar-refractivity contribution is -0.138. The molecule has 0 amide bonds. The molecule has 0 fully saturated rings. The van der Waals surface area contributed by atoms with Crippen LogP contribution in [0.4, 0.5) is 0 Å². The van der Waals surface area contributed by atoms with E-state index in [2.05, 4.69) is 0 Å². The van der Waals surface area contributed by atoms with Gasteiger partial charge in [0, 0.05) is 5.56 Å². The zero-order valence-corrected chi connectivity index (χ0v) is 13.4. The molecule has 1 aromatic rings. The van der Waals surface area contributed by atoms with Crippen LogP contribution in [0.5, 0.6) is 0 Å². The third-order valence-electron chi connectivity index (χ3n) is 2.17. The maximum atomic E-state index is 12.3. The smallest absolute Gasteiger partial charge is 0.341 e.